The second-order valence-electron chi connectivity index (χ2n) is 6.95. The molecule has 0 spiro atoms. The molecule has 14 heteroatoms. The van der Waals surface area contributed by atoms with Crippen LogP contribution in [0.4, 0.5) is 39.5 Å². The van der Waals surface area contributed by atoms with Crippen molar-refractivity contribution in [1.82, 2.24) is 4.90 Å². The van der Waals surface area contributed by atoms with Gasteiger partial charge in [-0.25, -0.2) is 9.79 Å². The van der Waals surface area contributed by atoms with E-state index in [1.807, 2.05) is 0 Å². The first-order valence-electron chi connectivity index (χ1n) is 9.33. The maximum Gasteiger partial charge on any atom is 0.460 e. The maximum absolute atomic E-state index is 15.0. The number of hydrogen-bond acceptors (Lipinski definition) is 5. The van der Waals surface area contributed by atoms with Gasteiger partial charge in [0.1, 0.15) is 5.70 Å². The molecule has 33 heavy (non-hydrogen) atoms. The van der Waals surface area contributed by atoms with Crippen LogP contribution in [0.25, 0.3) is 0 Å². The number of ether oxygens (including phenoxy) is 1. The third-order valence-electron chi connectivity index (χ3n) is 4.91. The summed E-state index contributed by atoms with van der Waals surface area (Å²) in [7, 11) is 0. The second kappa shape index (κ2) is 8.44. The van der Waals surface area contributed by atoms with Crippen molar-refractivity contribution in [3.63, 3.8) is 0 Å². The molecule has 0 radical (unpaired) electrons. The van der Waals surface area contributed by atoms with Crippen LogP contribution in [0.2, 0.25) is 0 Å². The molecule has 2 aliphatic heterocycles. The van der Waals surface area contributed by atoms with E-state index in [4.69, 9.17) is 0 Å². The molecule has 1 saturated heterocycles. The highest BCUT2D eigenvalue weighted by molar-refractivity contribution is 8.14. The summed E-state index contributed by atoms with van der Waals surface area (Å²) in [5.41, 5.74) is -3.31. The number of esters is 1. The number of hydrogen-bond donors (Lipinski definition) is 0. The summed E-state index contributed by atoms with van der Waals surface area (Å²) < 4.78 is 128. The van der Waals surface area contributed by atoms with Crippen molar-refractivity contribution in [2.45, 2.75) is 36.9 Å². The topological polar surface area (TPSA) is 41.9 Å². The van der Waals surface area contributed by atoms with Crippen LogP contribution < -0.4 is 0 Å². The lowest BCUT2D eigenvalue weighted by Crippen LogP contribution is -2.62. The minimum absolute atomic E-state index is 0.111. The Labute approximate surface area is 185 Å². The molecule has 2 aliphatic rings. The second-order valence-corrected chi connectivity index (χ2v) is 8.02. The van der Waals surface area contributed by atoms with E-state index in [-0.39, 0.29) is 23.0 Å². The number of fused-ring (bicyclic) bond motifs is 1. The van der Waals surface area contributed by atoms with Gasteiger partial charge in [0.2, 0.25) is 0 Å². The summed E-state index contributed by atoms with van der Waals surface area (Å²) in [6.45, 7) is 0.965. The largest absolute Gasteiger partial charge is 0.463 e. The van der Waals surface area contributed by atoms with Crippen molar-refractivity contribution in [3.8, 4) is 0 Å². The standard InChI is InChI=1S/C19H15F9N2O2S/c1-2-32-14(31)11-12(10-6-4-3-5-7-10)30-8-9-33-15(30)29-13(11)16(20,21)17(22,23)18(24,25)19(26,27)28/h3-7,12H,2,8-9H2,1H3. The van der Waals surface area contributed by atoms with Crippen molar-refractivity contribution in [2.24, 2.45) is 4.99 Å². The fourth-order valence-corrected chi connectivity index (χ4v) is 4.34. The van der Waals surface area contributed by atoms with Gasteiger partial charge in [-0.2, -0.15) is 39.5 Å². The highest BCUT2D eigenvalue weighted by atomic mass is 32.2. The molecule has 0 aliphatic carbocycles. The van der Waals surface area contributed by atoms with Gasteiger partial charge in [-0.15, -0.1) is 0 Å². The van der Waals surface area contributed by atoms with E-state index in [1.54, 1.807) is 0 Å². The Morgan fingerprint density at radius 3 is 2.21 bits per heavy atom. The lowest BCUT2D eigenvalue weighted by molar-refractivity contribution is -0.390. The highest BCUT2D eigenvalue weighted by Crippen LogP contribution is 2.57. The number of allylic oxidation sites excluding steroid dienone is 1. The van der Waals surface area contributed by atoms with Gasteiger partial charge in [0.05, 0.1) is 18.2 Å². The summed E-state index contributed by atoms with van der Waals surface area (Å²) in [6, 6.07) is 5.60. The molecule has 1 aromatic rings. The molecule has 182 valence electrons. The molecule has 0 bridgehead atoms. The lowest BCUT2D eigenvalue weighted by atomic mass is 9.89. The van der Waals surface area contributed by atoms with Crippen molar-refractivity contribution in [1.29, 1.82) is 0 Å². The molecule has 0 aromatic heterocycles. The van der Waals surface area contributed by atoms with E-state index < -0.39 is 53.8 Å². The zero-order chi connectivity index (χ0) is 24.8. The van der Waals surface area contributed by atoms with Crippen molar-refractivity contribution < 1.29 is 49.0 Å². The number of alkyl halides is 9. The Kier molecular flexibility index (Phi) is 6.46. The predicted octanol–water partition coefficient (Wildman–Crippen LogP) is 5.43. The monoisotopic (exact) mass is 506 g/mol. The van der Waals surface area contributed by atoms with Crippen LogP contribution in [0.5, 0.6) is 0 Å². The summed E-state index contributed by atoms with van der Waals surface area (Å²) in [5, 5.41) is -0.322. The average molecular weight is 506 g/mol. The van der Waals surface area contributed by atoms with Crippen LogP contribution >= 0.6 is 11.8 Å². The van der Waals surface area contributed by atoms with Gasteiger partial charge in [-0.05, 0) is 12.5 Å². The normalized spacial score (nSPS) is 20.0. The molecule has 1 fully saturated rings. The van der Waals surface area contributed by atoms with Gasteiger partial charge in [-0.1, -0.05) is 42.1 Å². The van der Waals surface area contributed by atoms with Crippen LogP contribution in [0.15, 0.2) is 46.6 Å². The summed E-state index contributed by atoms with van der Waals surface area (Å²) in [4.78, 5) is 17.2. The lowest BCUT2D eigenvalue weighted by Gasteiger charge is -2.39. The van der Waals surface area contributed by atoms with Crippen LogP contribution in [0.3, 0.4) is 0 Å². The number of aliphatic imine (C=N–C) groups is 1. The number of benzene rings is 1. The van der Waals surface area contributed by atoms with Crippen molar-refractivity contribution in [3.05, 3.63) is 47.2 Å². The van der Waals surface area contributed by atoms with E-state index in [9.17, 15) is 44.3 Å². The van der Waals surface area contributed by atoms with Gasteiger partial charge in [-0.3, -0.25) is 0 Å². The van der Waals surface area contributed by atoms with Gasteiger partial charge >= 0.3 is 29.9 Å². The molecular weight excluding hydrogens is 491 g/mol. The van der Waals surface area contributed by atoms with Crippen molar-refractivity contribution in [2.75, 3.05) is 18.9 Å². The van der Waals surface area contributed by atoms with Crippen molar-refractivity contribution >= 4 is 22.9 Å². The highest BCUT2D eigenvalue weighted by Gasteiger charge is 2.83. The minimum atomic E-state index is -7.13. The number of thioether (sulfide) groups is 1. The number of halogens is 9. The van der Waals surface area contributed by atoms with E-state index in [0.717, 1.165) is 11.8 Å². The summed E-state index contributed by atoms with van der Waals surface area (Å²) in [6.07, 6.45) is -7.00. The van der Waals surface area contributed by atoms with E-state index in [1.165, 1.54) is 42.2 Å². The van der Waals surface area contributed by atoms with Gasteiger partial charge in [0.15, 0.2) is 5.17 Å². The number of nitrogens with zero attached hydrogens (tertiary/aromatic N) is 2. The molecular formula is C19H15F9N2O2S. The predicted molar refractivity (Wildman–Crippen MR) is 100 cm³/mol. The van der Waals surface area contributed by atoms with Gasteiger partial charge in [0.25, 0.3) is 0 Å². The fraction of sp³-hybridized carbons (Fsp3) is 0.474. The van der Waals surface area contributed by atoms with Crippen LogP contribution in [0, 0.1) is 0 Å². The average Bonchev–Trinajstić information content (AvgIpc) is 3.20. The fourth-order valence-electron chi connectivity index (χ4n) is 3.35. The third kappa shape index (κ3) is 3.95. The first kappa shape index (κ1) is 25.2. The molecule has 1 atom stereocenters. The smallest absolute Gasteiger partial charge is 0.460 e. The minimum Gasteiger partial charge on any atom is -0.463 e. The number of amidine groups is 1. The van der Waals surface area contributed by atoms with Gasteiger partial charge in [0, 0.05) is 12.3 Å². The molecule has 3 rings (SSSR count). The summed E-state index contributed by atoms with van der Waals surface area (Å²) >= 11 is 0.797. The first-order chi connectivity index (χ1) is 15.2. The number of carbonyl (C=O) groups excluding carboxylic acids is 1. The Bertz CT molecular complexity index is 977. The Morgan fingerprint density at radius 1 is 1.06 bits per heavy atom. The Hall–Kier alpha value is -2.38. The number of carbonyl (C=O) groups is 1. The molecule has 2 heterocycles. The molecule has 0 saturated carbocycles. The van der Waals surface area contributed by atoms with E-state index >= 15 is 0 Å². The quantitative estimate of drug-likeness (QED) is 0.381. The zero-order valence-corrected chi connectivity index (χ0v) is 17.4. The summed E-state index contributed by atoms with van der Waals surface area (Å²) in [5.74, 6) is -21.7. The molecule has 4 nitrogen and oxygen atoms in total. The van der Waals surface area contributed by atoms with Crippen LogP contribution in [0.1, 0.15) is 18.5 Å². The maximum atomic E-state index is 15.0. The van der Waals surface area contributed by atoms with Crippen LogP contribution in [-0.4, -0.2) is 58.9 Å². The SMILES string of the molecule is CCOC(=O)C1=C(C(F)(F)C(F)(F)C(F)(F)C(F)(F)F)N=C2SCCN2C1c1ccccc1. The molecule has 1 unspecified atom stereocenters. The zero-order valence-electron chi connectivity index (χ0n) is 16.6. The van der Waals surface area contributed by atoms with Gasteiger partial charge < -0.3 is 9.64 Å². The third-order valence-corrected chi connectivity index (χ3v) is 5.88. The first-order valence-corrected chi connectivity index (χ1v) is 10.3. The Balaban J connectivity index is 2.31. The number of rotatable bonds is 6. The van der Waals surface area contributed by atoms with Crippen LogP contribution in [-0.2, 0) is 9.53 Å². The molecule has 1 aromatic carbocycles. The Morgan fingerprint density at radius 2 is 1.67 bits per heavy atom. The van der Waals surface area contributed by atoms with E-state index in [0.29, 0.717) is 0 Å². The van der Waals surface area contributed by atoms with E-state index in [2.05, 4.69) is 9.73 Å². The molecule has 0 amide bonds. The molecule has 0 N–H and O–H groups in total.